The number of nitrogens with two attached hydrogens (primary N) is 1. The van der Waals surface area contributed by atoms with Gasteiger partial charge in [-0.1, -0.05) is 13.0 Å². The molecule has 0 radical (unpaired) electrons. The summed E-state index contributed by atoms with van der Waals surface area (Å²) >= 11 is 3.19. The lowest BCUT2D eigenvalue weighted by atomic mass is 10.1. The number of halogens is 2. The van der Waals surface area contributed by atoms with E-state index in [1.807, 2.05) is 20.8 Å². The van der Waals surface area contributed by atoms with Gasteiger partial charge in [-0.25, -0.2) is 4.39 Å². The number of hydrogen-bond donors (Lipinski definition) is 1. The highest BCUT2D eigenvalue weighted by molar-refractivity contribution is 9.10. The molecular formula is C12H17BrFNO. The second kappa shape index (κ2) is 5.15. The molecule has 1 aromatic carbocycles. The van der Waals surface area contributed by atoms with Crippen molar-refractivity contribution in [3.63, 3.8) is 0 Å². The average molecular weight is 290 g/mol. The summed E-state index contributed by atoms with van der Waals surface area (Å²) in [4.78, 5) is 0. The normalized spacial score (nSPS) is 11.6. The smallest absolute Gasteiger partial charge is 0.179 e. The highest BCUT2D eigenvalue weighted by Crippen LogP contribution is 2.31. The third kappa shape index (κ3) is 2.95. The quantitative estimate of drug-likeness (QED) is 0.919. The monoisotopic (exact) mass is 289 g/mol. The summed E-state index contributed by atoms with van der Waals surface area (Å²) < 4.78 is 19.9. The van der Waals surface area contributed by atoms with E-state index in [2.05, 4.69) is 15.9 Å². The van der Waals surface area contributed by atoms with E-state index < -0.39 is 0 Å². The third-order valence-corrected chi connectivity index (χ3v) is 3.44. The Balaban J connectivity index is 3.04. The molecule has 0 aliphatic carbocycles. The fourth-order valence-corrected chi connectivity index (χ4v) is 1.67. The van der Waals surface area contributed by atoms with E-state index in [0.717, 1.165) is 12.0 Å². The highest BCUT2D eigenvalue weighted by atomic mass is 79.9. The van der Waals surface area contributed by atoms with Gasteiger partial charge in [0.2, 0.25) is 0 Å². The Labute approximate surface area is 104 Å². The summed E-state index contributed by atoms with van der Waals surface area (Å²) in [5.74, 6) is -0.125. The van der Waals surface area contributed by atoms with Gasteiger partial charge < -0.3 is 10.5 Å². The van der Waals surface area contributed by atoms with Crippen molar-refractivity contribution in [2.75, 3.05) is 0 Å². The van der Waals surface area contributed by atoms with Crippen molar-refractivity contribution in [2.24, 2.45) is 5.73 Å². The van der Waals surface area contributed by atoms with Crippen molar-refractivity contribution in [1.29, 1.82) is 0 Å². The summed E-state index contributed by atoms with van der Waals surface area (Å²) in [6.45, 7) is 6.16. The first-order valence-corrected chi connectivity index (χ1v) is 6.06. The molecule has 1 rings (SSSR count). The van der Waals surface area contributed by atoms with Crippen LogP contribution in [0.1, 0.15) is 32.8 Å². The molecule has 1 aromatic rings. The summed E-state index contributed by atoms with van der Waals surface area (Å²) in [6, 6.07) is 3.40. The van der Waals surface area contributed by atoms with Gasteiger partial charge in [0.15, 0.2) is 11.6 Å². The second-order valence-corrected chi connectivity index (χ2v) is 5.06. The van der Waals surface area contributed by atoms with Gasteiger partial charge in [-0.2, -0.15) is 0 Å². The van der Waals surface area contributed by atoms with E-state index in [4.69, 9.17) is 10.5 Å². The van der Waals surface area contributed by atoms with Crippen LogP contribution in [0.5, 0.6) is 5.75 Å². The van der Waals surface area contributed by atoms with Crippen LogP contribution in [0, 0.1) is 5.82 Å². The van der Waals surface area contributed by atoms with Crippen LogP contribution in [0.2, 0.25) is 0 Å². The molecule has 0 unspecified atom stereocenters. The largest absolute Gasteiger partial charge is 0.485 e. The van der Waals surface area contributed by atoms with Crippen LogP contribution in [-0.4, -0.2) is 5.60 Å². The Hall–Kier alpha value is -0.610. The van der Waals surface area contributed by atoms with Crippen LogP contribution < -0.4 is 10.5 Å². The van der Waals surface area contributed by atoms with Gasteiger partial charge in [0.25, 0.3) is 0 Å². The molecule has 0 fully saturated rings. The lowest BCUT2D eigenvalue weighted by molar-refractivity contribution is 0.0992. The molecule has 0 amide bonds. The summed E-state index contributed by atoms with van der Waals surface area (Å²) in [5, 5.41) is 0. The zero-order chi connectivity index (χ0) is 12.3. The molecule has 0 saturated carbocycles. The molecule has 0 heterocycles. The van der Waals surface area contributed by atoms with Gasteiger partial charge in [0.1, 0.15) is 5.60 Å². The van der Waals surface area contributed by atoms with Gasteiger partial charge >= 0.3 is 0 Å². The average Bonchev–Trinajstić information content (AvgIpc) is 2.25. The summed E-state index contributed by atoms with van der Waals surface area (Å²) in [7, 11) is 0. The lowest BCUT2D eigenvalue weighted by Crippen LogP contribution is -2.27. The number of ether oxygens (including phenoxy) is 1. The maximum absolute atomic E-state index is 13.9. The SMILES string of the molecule is CCC(C)(C)Oc1ccc(CN)c(Br)c1F. The maximum Gasteiger partial charge on any atom is 0.179 e. The van der Waals surface area contributed by atoms with E-state index in [9.17, 15) is 4.39 Å². The molecule has 0 atom stereocenters. The van der Waals surface area contributed by atoms with Crippen LogP contribution in [0.3, 0.4) is 0 Å². The van der Waals surface area contributed by atoms with Crippen LogP contribution in [0.4, 0.5) is 4.39 Å². The standard InChI is InChI=1S/C12H17BrFNO/c1-4-12(2,3)16-9-6-5-8(7-15)10(13)11(9)14/h5-6H,4,7,15H2,1-3H3. The Bertz CT molecular complexity index is 380. The Morgan fingerprint density at radius 1 is 1.44 bits per heavy atom. The maximum atomic E-state index is 13.9. The van der Waals surface area contributed by atoms with E-state index in [0.29, 0.717) is 11.0 Å². The van der Waals surface area contributed by atoms with Crippen LogP contribution in [-0.2, 0) is 6.54 Å². The molecule has 0 aliphatic heterocycles. The minimum absolute atomic E-state index is 0.260. The van der Waals surface area contributed by atoms with Crippen molar-refractivity contribution in [1.82, 2.24) is 0 Å². The first-order valence-electron chi connectivity index (χ1n) is 5.27. The Morgan fingerprint density at radius 3 is 2.56 bits per heavy atom. The van der Waals surface area contributed by atoms with E-state index in [-0.39, 0.29) is 17.2 Å². The molecule has 0 bridgehead atoms. The van der Waals surface area contributed by atoms with E-state index in [1.54, 1.807) is 12.1 Å². The van der Waals surface area contributed by atoms with Gasteiger partial charge in [0.05, 0.1) is 4.47 Å². The lowest BCUT2D eigenvalue weighted by Gasteiger charge is -2.25. The van der Waals surface area contributed by atoms with Crippen molar-refractivity contribution in [3.05, 3.63) is 28.0 Å². The first-order chi connectivity index (χ1) is 7.41. The van der Waals surface area contributed by atoms with Crippen molar-refractivity contribution < 1.29 is 9.13 Å². The summed E-state index contributed by atoms with van der Waals surface area (Å²) in [6.07, 6.45) is 0.808. The molecular weight excluding hydrogens is 273 g/mol. The number of hydrogen-bond acceptors (Lipinski definition) is 2. The van der Waals surface area contributed by atoms with Crippen LogP contribution in [0.15, 0.2) is 16.6 Å². The van der Waals surface area contributed by atoms with Crippen LogP contribution in [0.25, 0.3) is 0 Å². The number of rotatable bonds is 4. The molecule has 0 spiro atoms. The zero-order valence-electron chi connectivity index (χ0n) is 9.81. The number of benzene rings is 1. The first kappa shape index (κ1) is 13.5. The zero-order valence-corrected chi connectivity index (χ0v) is 11.4. The molecule has 0 aliphatic rings. The predicted molar refractivity (Wildman–Crippen MR) is 67.0 cm³/mol. The van der Waals surface area contributed by atoms with Crippen molar-refractivity contribution >= 4 is 15.9 Å². The minimum Gasteiger partial charge on any atom is -0.485 e. The van der Waals surface area contributed by atoms with Crippen LogP contribution >= 0.6 is 15.9 Å². The minimum atomic E-state index is -0.385. The van der Waals surface area contributed by atoms with Gasteiger partial charge in [-0.05, 0) is 47.8 Å². The Morgan fingerprint density at radius 2 is 2.06 bits per heavy atom. The Kier molecular flexibility index (Phi) is 4.33. The molecule has 90 valence electrons. The van der Waals surface area contributed by atoms with E-state index in [1.165, 1.54) is 0 Å². The topological polar surface area (TPSA) is 35.2 Å². The molecule has 0 aromatic heterocycles. The molecule has 2 N–H and O–H groups in total. The van der Waals surface area contributed by atoms with Crippen molar-refractivity contribution in [3.8, 4) is 5.75 Å². The fourth-order valence-electron chi connectivity index (χ4n) is 1.18. The highest BCUT2D eigenvalue weighted by Gasteiger charge is 2.20. The van der Waals surface area contributed by atoms with Gasteiger partial charge in [-0.15, -0.1) is 0 Å². The molecule has 0 saturated heterocycles. The third-order valence-electron chi connectivity index (χ3n) is 2.58. The van der Waals surface area contributed by atoms with E-state index >= 15 is 0 Å². The predicted octanol–water partition coefficient (Wildman–Crippen LogP) is 3.61. The molecule has 2 nitrogen and oxygen atoms in total. The second-order valence-electron chi connectivity index (χ2n) is 4.27. The van der Waals surface area contributed by atoms with Crippen molar-refractivity contribution in [2.45, 2.75) is 39.3 Å². The van der Waals surface area contributed by atoms with Gasteiger partial charge in [-0.3, -0.25) is 0 Å². The van der Waals surface area contributed by atoms with Gasteiger partial charge in [0, 0.05) is 6.54 Å². The molecule has 16 heavy (non-hydrogen) atoms. The summed E-state index contributed by atoms with van der Waals surface area (Å²) in [5.41, 5.74) is 5.85. The fraction of sp³-hybridized carbons (Fsp3) is 0.500. The molecule has 4 heteroatoms.